The molecular weight excluding hydrogens is 270 g/mol. The van der Waals surface area contributed by atoms with Gasteiger partial charge in [0.2, 0.25) is 0 Å². The molecule has 1 fully saturated rings. The monoisotopic (exact) mass is 289 g/mol. The van der Waals surface area contributed by atoms with Gasteiger partial charge in [0.25, 0.3) is 0 Å². The third-order valence-corrected chi connectivity index (χ3v) is 5.14. The lowest BCUT2D eigenvalue weighted by Gasteiger charge is -2.14. The second-order valence-electron chi connectivity index (χ2n) is 5.36. The van der Waals surface area contributed by atoms with E-state index in [4.69, 9.17) is 4.74 Å². The van der Waals surface area contributed by atoms with Crippen LogP contribution in [-0.2, 0) is 9.53 Å². The van der Waals surface area contributed by atoms with Gasteiger partial charge in [0, 0.05) is 5.75 Å². The van der Waals surface area contributed by atoms with Crippen molar-refractivity contribution >= 4 is 17.7 Å². The summed E-state index contributed by atoms with van der Waals surface area (Å²) < 4.78 is 4.74. The maximum absolute atomic E-state index is 11.4. The molecule has 1 aliphatic rings. The number of hydrogen-bond acceptors (Lipinski definition) is 4. The van der Waals surface area contributed by atoms with E-state index < -0.39 is 0 Å². The Morgan fingerprint density at radius 3 is 2.70 bits per heavy atom. The van der Waals surface area contributed by atoms with Gasteiger partial charge in [-0.05, 0) is 29.6 Å². The van der Waals surface area contributed by atoms with Crippen LogP contribution in [-0.4, -0.2) is 24.6 Å². The molecule has 1 saturated carbocycles. The van der Waals surface area contributed by atoms with Gasteiger partial charge >= 0.3 is 5.97 Å². The Labute approximate surface area is 124 Å². The van der Waals surface area contributed by atoms with Crippen LogP contribution in [0.25, 0.3) is 0 Å². The fourth-order valence-electron chi connectivity index (χ4n) is 2.21. The predicted octanol–water partition coefficient (Wildman–Crippen LogP) is 3.37. The Morgan fingerprint density at radius 1 is 1.45 bits per heavy atom. The van der Waals surface area contributed by atoms with Crippen molar-refractivity contribution in [3.63, 3.8) is 0 Å². The molecule has 1 atom stereocenters. The van der Waals surface area contributed by atoms with Crippen LogP contribution in [0.15, 0.2) is 30.3 Å². The van der Waals surface area contributed by atoms with E-state index in [1.807, 2.05) is 30.3 Å². The van der Waals surface area contributed by atoms with E-state index in [1.54, 1.807) is 11.8 Å². The van der Waals surface area contributed by atoms with Crippen molar-refractivity contribution in [3.05, 3.63) is 35.9 Å². The Kier molecular flexibility index (Phi) is 5.08. The smallest absolute Gasteiger partial charge is 0.306 e. The lowest BCUT2D eigenvalue weighted by atomic mass is 10.0. The van der Waals surface area contributed by atoms with Crippen LogP contribution in [0.4, 0.5) is 0 Å². The topological polar surface area (TPSA) is 50.1 Å². The molecule has 0 aliphatic heterocycles. The number of thioether (sulfide) groups is 1. The van der Waals surface area contributed by atoms with Gasteiger partial charge < -0.3 is 4.74 Å². The number of esters is 1. The number of carbonyl (C=O) groups excluding carboxylic acids is 1. The minimum Gasteiger partial charge on any atom is -0.469 e. The van der Waals surface area contributed by atoms with Crippen LogP contribution >= 0.6 is 11.8 Å². The molecular formula is C16H19NO2S. The summed E-state index contributed by atoms with van der Waals surface area (Å²) in [7, 11) is 1.44. The van der Waals surface area contributed by atoms with Gasteiger partial charge in [0.15, 0.2) is 0 Å². The number of methoxy groups -OCH3 is 1. The first-order chi connectivity index (χ1) is 9.69. The van der Waals surface area contributed by atoms with E-state index in [1.165, 1.54) is 7.11 Å². The van der Waals surface area contributed by atoms with Crippen molar-refractivity contribution in [3.8, 4) is 6.07 Å². The second-order valence-corrected chi connectivity index (χ2v) is 6.39. The maximum Gasteiger partial charge on any atom is 0.306 e. The Balaban J connectivity index is 1.81. The van der Waals surface area contributed by atoms with Gasteiger partial charge in [-0.3, -0.25) is 4.79 Å². The molecule has 106 valence electrons. The largest absolute Gasteiger partial charge is 0.469 e. The van der Waals surface area contributed by atoms with E-state index in [-0.39, 0.29) is 17.3 Å². The zero-order valence-corrected chi connectivity index (χ0v) is 12.5. The highest BCUT2D eigenvalue weighted by molar-refractivity contribution is 7.99. The van der Waals surface area contributed by atoms with Crippen LogP contribution in [0, 0.1) is 16.7 Å². The minimum atomic E-state index is -0.122. The van der Waals surface area contributed by atoms with Crippen molar-refractivity contribution in [1.82, 2.24) is 0 Å². The SMILES string of the molecule is COC(=O)CC1(CSCC(C#N)c2ccccc2)CC1. The van der Waals surface area contributed by atoms with E-state index in [0.29, 0.717) is 6.42 Å². The summed E-state index contributed by atoms with van der Waals surface area (Å²) >= 11 is 1.77. The predicted molar refractivity (Wildman–Crippen MR) is 80.4 cm³/mol. The summed E-state index contributed by atoms with van der Waals surface area (Å²) in [6, 6.07) is 12.2. The zero-order valence-electron chi connectivity index (χ0n) is 11.7. The van der Waals surface area contributed by atoms with Crippen LogP contribution in [0.5, 0.6) is 0 Å². The molecule has 1 unspecified atom stereocenters. The first-order valence-corrected chi connectivity index (χ1v) is 7.94. The quantitative estimate of drug-likeness (QED) is 0.722. The van der Waals surface area contributed by atoms with Crippen molar-refractivity contribution in [2.45, 2.75) is 25.2 Å². The maximum atomic E-state index is 11.4. The van der Waals surface area contributed by atoms with E-state index in [9.17, 15) is 10.1 Å². The Hall–Kier alpha value is -1.47. The summed E-state index contributed by atoms with van der Waals surface area (Å²) in [6.07, 6.45) is 2.70. The molecule has 1 aromatic rings. The lowest BCUT2D eigenvalue weighted by molar-refractivity contribution is -0.141. The van der Waals surface area contributed by atoms with Gasteiger partial charge in [-0.15, -0.1) is 0 Å². The summed E-state index contributed by atoms with van der Waals surface area (Å²) in [5, 5.41) is 9.27. The molecule has 0 aromatic heterocycles. The highest BCUT2D eigenvalue weighted by Gasteiger charge is 2.44. The molecule has 1 aliphatic carbocycles. The molecule has 0 amide bonds. The van der Waals surface area contributed by atoms with Gasteiger partial charge in [-0.1, -0.05) is 30.3 Å². The molecule has 4 heteroatoms. The third-order valence-electron chi connectivity index (χ3n) is 3.75. The number of benzene rings is 1. The number of nitrogens with zero attached hydrogens (tertiary/aromatic N) is 1. The first kappa shape index (κ1) is 14.9. The molecule has 0 saturated heterocycles. The van der Waals surface area contributed by atoms with Crippen LogP contribution < -0.4 is 0 Å². The highest BCUT2D eigenvalue weighted by Crippen LogP contribution is 2.51. The number of ether oxygens (including phenoxy) is 1. The fraction of sp³-hybridized carbons (Fsp3) is 0.500. The molecule has 20 heavy (non-hydrogen) atoms. The highest BCUT2D eigenvalue weighted by atomic mass is 32.2. The van der Waals surface area contributed by atoms with Crippen LogP contribution in [0.3, 0.4) is 0 Å². The second kappa shape index (κ2) is 6.81. The molecule has 1 aromatic carbocycles. The molecule has 2 rings (SSSR count). The van der Waals surface area contributed by atoms with Crippen LogP contribution in [0.1, 0.15) is 30.7 Å². The molecule has 0 heterocycles. The Morgan fingerprint density at radius 2 is 2.15 bits per heavy atom. The fourth-order valence-corrected chi connectivity index (χ4v) is 3.66. The number of rotatable bonds is 7. The summed E-state index contributed by atoms with van der Waals surface area (Å²) in [4.78, 5) is 11.4. The number of nitriles is 1. The average molecular weight is 289 g/mol. The Bertz CT molecular complexity index is 491. The van der Waals surface area contributed by atoms with Crippen molar-refractivity contribution in [2.24, 2.45) is 5.41 Å². The third kappa shape index (κ3) is 4.01. The van der Waals surface area contributed by atoms with Crippen molar-refractivity contribution in [1.29, 1.82) is 5.26 Å². The van der Waals surface area contributed by atoms with E-state index in [0.717, 1.165) is 29.9 Å². The molecule has 0 N–H and O–H groups in total. The van der Waals surface area contributed by atoms with Crippen molar-refractivity contribution in [2.75, 3.05) is 18.6 Å². The van der Waals surface area contributed by atoms with Gasteiger partial charge in [-0.25, -0.2) is 0 Å². The summed E-state index contributed by atoms with van der Waals surface area (Å²) in [5.74, 6) is 1.52. The molecule has 0 bridgehead atoms. The van der Waals surface area contributed by atoms with Gasteiger partial charge in [0.05, 0.1) is 25.5 Å². The van der Waals surface area contributed by atoms with E-state index >= 15 is 0 Å². The van der Waals surface area contributed by atoms with Gasteiger partial charge in [-0.2, -0.15) is 17.0 Å². The number of carbonyl (C=O) groups is 1. The van der Waals surface area contributed by atoms with Gasteiger partial charge in [0.1, 0.15) is 0 Å². The summed E-state index contributed by atoms with van der Waals surface area (Å²) in [6.45, 7) is 0. The minimum absolute atomic E-state index is 0.0740. The molecule has 0 radical (unpaired) electrons. The standard InChI is InChI=1S/C16H19NO2S/c1-19-15(18)9-16(7-8-16)12-20-11-14(10-17)13-5-3-2-4-6-13/h2-6,14H,7-9,11-12H2,1H3. The average Bonchev–Trinajstić information content (AvgIpc) is 3.24. The summed E-state index contributed by atoms with van der Waals surface area (Å²) in [5.41, 5.74) is 1.20. The van der Waals surface area contributed by atoms with Crippen LogP contribution in [0.2, 0.25) is 0 Å². The molecule has 3 nitrogen and oxygen atoms in total. The first-order valence-electron chi connectivity index (χ1n) is 6.78. The normalized spacial score (nSPS) is 17.0. The van der Waals surface area contributed by atoms with E-state index in [2.05, 4.69) is 6.07 Å². The number of hydrogen-bond donors (Lipinski definition) is 0. The molecule has 0 spiro atoms. The zero-order chi connectivity index (χ0) is 14.4. The lowest BCUT2D eigenvalue weighted by Crippen LogP contribution is -2.14. The van der Waals surface area contributed by atoms with Crippen molar-refractivity contribution < 1.29 is 9.53 Å².